The van der Waals surface area contributed by atoms with Crippen molar-refractivity contribution in [2.45, 2.75) is 6.04 Å². The van der Waals surface area contributed by atoms with Crippen LogP contribution in [0.3, 0.4) is 0 Å². The maximum atomic E-state index is 13.2. The summed E-state index contributed by atoms with van der Waals surface area (Å²) in [6.07, 6.45) is 1.61. The smallest absolute Gasteiger partial charge is 0.127 e. The van der Waals surface area contributed by atoms with Crippen LogP contribution in [0.4, 0.5) is 10.1 Å². The molecule has 0 aliphatic rings. The van der Waals surface area contributed by atoms with Gasteiger partial charge in [-0.3, -0.25) is 0 Å². The fraction of sp³-hybridized carbons (Fsp3) is 0.231. The van der Waals surface area contributed by atoms with Gasteiger partial charge in [-0.25, -0.2) is 4.39 Å². The topological polar surface area (TPSA) is 42.4 Å². The van der Waals surface area contributed by atoms with Crippen molar-refractivity contribution in [3.8, 4) is 0 Å². The van der Waals surface area contributed by atoms with Crippen molar-refractivity contribution in [3.05, 3.63) is 54.2 Å². The molecule has 0 saturated carbocycles. The molecule has 4 heteroatoms. The summed E-state index contributed by atoms with van der Waals surface area (Å²) in [6.45, 7) is 0.403. The number of rotatable bonds is 4. The predicted octanol–water partition coefficient (Wildman–Crippen LogP) is 2.55. The van der Waals surface area contributed by atoms with Crippen LogP contribution < -0.4 is 10.6 Å². The summed E-state index contributed by atoms with van der Waals surface area (Å²) in [5.41, 5.74) is 6.52. The molecule has 1 atom stereocenters. The highest BCUT2D eigenvalue weighted by molar-refractivity contribution is 5.47. The summed E-state index contributed by atoms with van der Waals surface area (Å²) >= 11 is 0. The number of nitrogens with two attached hydrogens (primary N) is 1. The van der Waals surface area contributed by atoms with Gasteiger partial charge in [-0.2, -0.15) is 0 Å². The molecular formula is C13H15FN2O. The second-order valence-corrected chi connectivity index (χ2v) is 3.86. The highest BCUT2D eigenvalue weighted by Gasteiger charge is 2.18. The van der Waals surface area contributed by atoms with Crippen molar-refractivity contribution in [1.82, 2.24) is 0 Å². The minimum absolute atomic E-state index is 0.0909. The van der Waals surface area contributed by atoms with Crippen molar-refractivity contribution < 1.29 is 8.81 Å². The van der Waals surface area contributed by atoms with Crippen LogP contribution in [0.5, 0.6) is 0 Å². The lowest BCUT2D eigenvalue weighted by Crippen LogP contribution is -2.30. The molecule has 0 amide bonds. The highest BCUT2D eigenvalue weighted by atomic mass is 19.1. The number of nitrogens with zero attached hydrogens (tertiary/aromatic N) is 1. The lowest BCUT2D eigenvalue weighted by Gasteiger charge is -2.27. The molecule has 0 aliphatic carbocycles. The Balaban J connectivity index is 2.26. The van der Waals surface area contributed by atoms with Crippen molar-refractivity contribution >= 4 is 5.69 Å². The van der Waals surface area contributed by atoms with Gasteiger partial charge >= 0.3 is 0 Å². The van der Waals surface area contributed by atoms with Gasteiger partial charge in [0.25, 0.3) is 0 Å². The molecule has 0 radical (unpaired) electrons. The van der Waals surface area contributed by atoms with E-state index in [9.17, 15) is 4.39 Å². The first-order valence-corrected chi connectivity index (χ1v) is 5.44. The Morgan fingerprint density at radius 3 is 2.76 bits per heavy atom. The van der Waals surface area contributed by atoms with Crippen LogP contribution in [0.2, 0.25) is 0 Å². The summed E-state index contributed by atoms with van der Waals surface area (Å²) in [7, 11) is 1.87. The average Bonchev–Trinajstić information content (AvgIpc) is 2.83. The summed E-state index contributed by atoms with van der Waals surface area (Å²) in [5.74, 6) is 0.517. The van der Waals surface area contributed by atoms with E-state index >= 15 is 0 Å². The zero-order chi connectivity index (χ0) is 12.3. The van der Waals surface area contributed by atoms with Crippen LogP contribution in [0, 0.1) is 5.82 Å². The van der Waals surface area contributed by atoms with E-state index in [0.717, 1.165) is 11.4 Å². The number of hydrogen-bond donors (Lipinski definition) is 1. The normalized spacial score (nSPS) is 12.4. The van der Waals surface area contributed by atoms with Crippen molar-refractivity contribution in [3.63, 3.8) is 0 Å². The van der Waals surface area contributed by atoms with Crippen molar-refractivity contribution in [2.75, 3.05) is 18.5 Å². The third-order valence-corrected chi connectivity index (χ3v) is 2.78. The van der Waals surface area contributed by atoms with E-state index in [4.69, 9.17) is 10.2 Å². The Kier molecular flexibility index (Phi) is 3.44. The maximum Gasteiger partial charge on any atom is 0.127 e. The molecule has 0 aliphatic heterocycles. The minimum atomic E-state index is -0.260. The van der Waals surface area contributed by atoms with Gasteiger partial charge in [0.05, 0.1) is 12.3 Å². The number of benzene rings is 1. The quantitative estimate of drug-likeness (QED) is 0.884. The molecule has 1 heterocycles. The number of furan rings is 1. The molecule has 2 N–H and O–H groups in total. The van der Waals surface area contributed by atoms with Crippen LogP contribution in [-0.2, 0) is 0 Å². The molecule has 0 saturated heterocycles. The molecule has 0 bridgehead atoms. The van der Waals surface area contributed by atoms with Gasteiger partial charge in [-0.05, 0) is 30.3 Å². The molecule has 1 unspecified atom stereocenters. The molecule has 2 rings (SSSR count). The summed E-state index contributed by atoms with van der Waals surface area (Å²) < 4.78 is 18.5. The van der Waals surface area contributed by atoms with Gasteiger partial charge in [-0.1, -0.05) is 6.07 Å². The summed E-state index contributed by atoms with van der Waals surface area (Å²) in [4.78, 5) is 1.90. The zero-order valence-corrected chi connectivity index (χ0v) is 9.64. The van der Waals surface area contributed by atoms with Gasteiger partial charge < -0.3 is 15.1 Å². The molecule has 17 heavy (non-hydrogen) atoms. The molecule has 1 aromatic carbocycles. The van der Waals surface area contributed by atoms with Crippen LogP contribution in [0.25, 0.3) is 0 Å². The van der Waals surface area contributed by atoms with E-state index in [0.29, 0.717) is 6.54 Å². The fourth-order valence-corrected chi connectivity index (χ4v) is 1.82. The molecular weight excluding hydrogens is 219 g/mol. The summed E-state index contributed by atoms with van der Waals surface area (Å²) in [6, 6.07) is 10.0. The van der Waals surface area contributed by atoms with Crippen molar-refractivity contribution in [1.29, 1.82) is 0 Å². The highest BCUT2D eigenvalue weighted by Crippen LogP contribution is 2.25. The Bertz CT molecular complexity index is 470. The van der Waals surface area contributed by atoms with Gasteiger partial charge in [0, 0.05) is 19.3 Å². The van der Waals surface area contributed by atoms with Gasteiger partial charge in [-0.15, -0.1) is 0 Å². The lowest BCUT2D eigenvalue weighted by molar-refractivity contribution is 0.460. The molecule has 0 fully saturated rings. The predicted molar refractivity (Wildman–Crippen MR) is 65.3 cm³/mol. The molecule has 1 aromatic heterocycles. The number of halogens is 1. The Morgan fingerprint density at radius 2 is 2.18 bits per heavy atom. The standard InChI is InChI=1S/C13H15FN2O/c1-16(11-5-2-4-10(14)8-11)12(9-15)13-6-3-7-17-13/h2-8,12H,9,15H2,1H3. The molecule has 3 nitrogen and oxygen atoms in total. The third-order valence-electron chi connectivity index (χ3n) is 2.78. The molecule has 0 spiro atoms. The van der Waals surface area contributed by atoms with E-state index in [1.165, 1.54) is 12.1 Å². The fourth-order valence-electron chi connectivity index (χ4n) is 1.82. The second-order valence-electron chi connectivity index (χ2n) is 3.86. The number of anilines is 1. The first-order chi connectivity index (χ1) is 8.22. The van der Waals surface area contributed by atoms with E-state index in [1.54, 1.807) is 12.3 Å². The SMILES string of the molecule is CN(c1cccc(F)c1)C(CN)c1ccco1. The van der Waals surface area contributed by atoms with Crippen LogP contribution in [0.15, 0.2) is 47.1 Å². The Morgan fingerprint density at radius 1 is 1.35 bits per heavy atom. The number of likely N-dealkylation sites (N-methyl/N-ethyl adjacent to an activating group) is 1. The maximum absolute atomic E-state index is 13.2. The third kappa shape index (κ3) is 2.47. The number of hydrogen-bond acceptors (Lipinski definition) is 3. The first kappa shape index (κ1) is 11.7. The van der Waals surface area contributed by atoms with E-state index in [2.05, 4.69) is 0 Å². The van der Waals surface area contributed by atoms with Gasteiger partial charge in [0.15, 0.2) is 0 Å². The second kappa shape index (κ2) is 5.01. The minimum Gasteiger partial charge on any atom is -0.467 e. The average molecular weight is 234 g/mol. The van der Waals surface area contributed by atoms with Crippen molar-refractivity contribution in [2.24, 2.45) is 5.73 Å². The van der Waals surface area contributed by atoms with Gasteiger partial charge in [0.2, 0.25) is 0 Å². The largest absolute Gasteiger partial charge is 0.467 e. The van der Waals surface area contributed by atoms with Gasteiger partial charge in [0.1, 0.15) is 11.6 Å². The van der Waals surface area contributed by atoms with Crippen LogP contribution >= 0.6 is 0 Å². The molecule has 90 valence electrons. The van der Waals surface area contributed by atoms with E-state index < -0.39 is 0 Å². The van der Waals surface area contributed by atoms with E-state index in [-0.39, 0.29) is 11.9 Å². The first-order valence-electron chi connectivity index (χ1n) is 5.44. The Hall–Kier alpha value is -1.81. The van der Waals surface area contributed by atoms with Crippen LogP contribution in [-0.4, -0.2) is 13.6 Å². The van der Waals surface area contributed by atoms with E-state index in [1.807, 2.05) is 30.1 Å². The Labute approximate surface area is 99.6 Å². The molecule has 2 aromatic rings. The van der Waals surface area contributed by atoms with Crippen LogP contribution in [0.1, 0.15) is 11.8 Å². The monoisotopic (exact) mass is 234 g/mol. The zero-order valence-electron chi connectivity index (χ0n) is 9.64. The summed E-state index contributed by atoms with van der Waals surface area (Å²) in [5, 5.41) is 0. The lowest BCUT2D eigenvalue weighted by atomic mass is 10.1.